The summed E-state index contributed by atoms with van der Waals surface area (Å²) in [6.07, 6.45) is 4.52. The van der Waals surface area contributed by atoms with Gasteiger partial charge in [-0.2, -0.15) is 0 Å². The normalized spacial score (nSPS) is 15.3. The summed E-state index contributed by atoms with van der Waals surface area (Å²) in [4.78, 5) is 25.6. The molecule has 5 heteroatoms. The molecule has 0 saturated carbocycles. The molecule has 2 rings (SSSR count). The van der Waals surface area contributed by atoms with Gasteiger partial charge in [0.2, 0.25) is 5.91 Å². The van der Waals surface area contributed by atoms with Gasteiger partial charge in [-0.05, 0) is 37.3 Å². The second-order valence-electron chi connectivity index (χ2n) is 5.85. The SMILES string of the molecule is C=CCCC(=O)NCC1CCN(C(=O)c2ccccc2F)CC1. The van der Waals surface area contributed by atoms with Gasteiger partial charge in [-0.25, -0.2) is 4.39 Å². The summed E-state index contributed by atoms with van der Waals surface area (Å²) in [6, 6.07) is 6.07. The lowest BCUT2D eigenvalue weighted by atomic mass is 9.96. The molecule has 23 heavy (non-hydrogen) atoms. The van der Waals surface area contributed by atoms with Gasteiger partial charge in [0.1, 0.15) is 5.82 Å². The number of amides is 2. The van der Waals surface area contributed by atoms with Crippen molar-refractivity contribution in [1.82, 2.24) is 10.2 Å². The molecular formula is C18H23FN2O2. The fourth-order valence-corrected chi connectivity index (χ4v) is 2.72. The first-order valence-electron chi connectivity index (χ1n) is 8.03. The number of nitrogens with zero attached hydrogens (tertiary/aromatic N) is 1. The smallest absolute Gasteiger partial charge is 0.256 e. The second-order valence-corrected chi connectivity index (χ2v) is 5.85. The highest BCUT2D eigenvalue weighted by atomic mass is 19.1. The Hall–Kier alpha value is -2.17. The van der Waals surface area contributed by atoms with Crippen LogP contribution in [0, 0.1) is 11.7 Å². The van der Waals surface area contributed by atoms with Gasteiger partial charge in [-0.3, -0.25) is 9.59 Å². The number of hydrogen-bond acceptors (Lipinski definition) is 2. The number of carbonyl (C=O) groups excluding carboxylic acids is 2. The van der Waals surface area contributed by atoms with Crippen LogP contribution in [-0.4, -0.2) is 36.3 Å². The van der Waals surface area contributed by atoms with Crippen molar-refractivity contribution >= 4 is 11.8 Å². The Labute approximate surface area is 136 Å². The third kappa shape index (κ3) is 4.91. The van der Waals surface area contributed by atoms with Gasteiger partial charge in [-0.1, -0.05) is 18.2 Å². The van der Waals surface area contributed by atoms with E-state index < -0.39 is 5.82 Å². The van der Waals surface area contributed by atoms with Crippen molar-refractivity contribution < 1.29 is 14.0 Å². The van der Waals surface area contributed by atoms with Gasteiger partial charge in [0.05, 0.1) is 5.56 Å². The third-order valence-corrected chi connectivity index (χ3v) is 4.17. The minimum Gasteiger partial charge on any atom is -0.356 e. The van der Waals surface area contributed by atoms with Gasteiger partial charge in [0, 0.05) is 26.1 Å². The molecule has 0 atom stereocenters. The van der Waals surface area contributed by atoms with E-state index in [-0.39, 0.29) is 17.4 Å². The van der Waals surface area contributed by atoms with E-state index in [0.717, 1.165) is 12.8 Å². The van der Waals surface area contributed by atoms with Crippen molar-refractivity contribution in [2.75, 3.05) is 19.6 Å². The van der Waals surface area contributed by atoms with Crippen LogP contribution < -0.4 is 5.32 Å². The van der Waals surface area contributed by atoms with E-state index in [2.05, 4.69) is 11.9 Å². The van der Waals surface area contributed by atoms with Crippen LogP contribution in [0.4, 0.5) is 4.39 Å². The predicted octanol–water partition coefficient (Wildman–Crippen LogP) is 2.76. The summed E-state index contributed by atoms with van der Waals surface area (Å²) < 4.78 is 13.7. The molecule has 124 valence electrons. The lowest BCUT2D eigenvalue weighted by Crippen LogP contribution is -2.41. The Bertz CT molecular complexity index is 566. The molecule has 2 amide bonds. The number of rotatable bonds is 6. The van der Waals surface area contributed by atoms with Crippen molar-refractivity contribution in [3.05, 3.63) is 48.3 Å². The van der Waals surface area contributed by atoms with Crippen molar-refractivity contribution in [3.63, 3.8) is 0 Å². The van der Waals surface area contributed by atoms with E-state index in [4.69, 9.17) is 0 Å². The maximum Gasteiger partial charge on any atom is 0.256 e. The quantitative estimate of drug-likeness (QED) is 0.820. The fourth-order valence-electron chi connectivity index (χ4n) is 2.72. The van der Waals surface area contributed by atoms with E-state index in [1.54, 1.807) is 23.1 Å². The van der Waals surface area contributed by atoms with Crippen LogP contribution in [0.2, 0.25) is 0 Å². The van der Waals surface area contributed by atoms with Crippen molar-refractivity contribution in [1.29, 1.82) is 0 Å². The number of nitrogens with one attached hydrogen (secondary N) is 1. The number of carbonyl (C=O) groups is 2. The van der Waals surface area contributed by atoms with Crippen LogP contribution in [0.3, 0.4) is 0 Å². The van der Waals surface area contributed by atoms with Gasteiger partial charge >= 0.3 is 0 Å². The van der Waals surface area contributed by atoms with Crippen LogP contribution >= 0.6 is 0 Å². The van der Waals surface area contributed by atoms with E-state index in [0.29, 0.717) is 38.4 Å². The predicted molar refractivity (Wildman–Crippen MR) is 87.5 cm³/mol. The molecular weight excluding hydrogens is 295 g/mol. The van der Waals surface area contributed by atoms with E-state index in [9.17, 15) is 14.0 Å². The van der Waals surface area contributed by atoms with E-state index in [1.807, 2.05) is 0 Å². The van der Waals surface area contributed by atoms with E-state index >= 15 is 0 Å². The molecule has 0 aromatic heterocycles. The van der Waals surface area contributed by atoms with Crippen molar-refractivity contribution in [2.24, 2.45) is 5.92 Å². The largest absolute Gasteiger partial charge is 0.356 e. The maximum absolute atomic E-state index is 13.7. The molecule has 1 aromatic rings. The zero-order chi connectivity index (χ0) is 16.7. The third-order valence-electron chi connectivity index (χ3n) is 4.17. The average molecular weight is 318 g/mol. The van der Waals surface area contributed by atoms with Crippen LogP contribution in [0.15, 0.2) is 36.9 Å². The first kappa shape index (κ1) is 17.2. The summed E-state index contributed by atoms with van der Waals surface area (Å²) in [5, 5.41) is 2.92. The molecule has 1 aromatic carbocycles. The molecule has 1 fully saturated rings. The fraction of sp³-hybridized carbons (Fsp3) is 0.444. The van der Waals surface area contributed by atoms with Crippen LogP contribution in [0.1, 0.15) is 36.0 Å². The molecule has 4 nitrogen and oxygen atoms in total. The molecule has 0 radical (unpaired) electrons. The molecule has 1 aliphatic rings. The van der Waals surface area contributed by atoms with Gasteiger partial charge in [-0.15, -0.1) is 6.58 Å². The first-order chi connectivity index (χ1) is 11.1. The summed E-state index contributed by atoms with van der Waals surface area (Å²) in [5.41, 5.74) is 0.128. The summed E-state index contributed by atoms with van der Waals surface area (Å²) in [6.45, 7) is 5.43. The first-order valence-corrected chi connectivity index (χ1v) is 8.03. The van der Waals surface area contributed by atoms with Crippen LogP contribution in [0.25, 0.3) is 0 Å². The monoisotopic (exact) mass is 318 g/mol. The molecule has 0 unspecified atom stereocenters. The number of benzene rings is 1. The van der Waals surface area contributed by atoms with Crippen LogP contribution in [0.5, 0.6) is 0 Å². The number of halogens is 1. The summed E-state index contributed by atoms with van der Waals surface area (Å²) >= 11 is 0. The second kappa shape index (κ2) is 8.46. The minimum atomic E-state index is -0.478. The lowest BCUT2D eigenvalue weighted by Gasteiger charge is -2.32. The highest BCUT2D eigenvalue weighted by Crippen LogP contribution is 2.19. The zero-order valence-electron chi connectivity index (χ0n) is 13.3. The zero-order valence-corrected chi connectivity index (χ0v) is 13.3. The molecule has 1 N–H and O–H groups in total. The molecule has 1 heterocycles. The highest BCUT2D eigenvalue weighted by Gasteiger charge is 2.25. The molecule has 1 aliphatic heterocycles. The highest BCUT2D eigenvalue weighted by molar-refractivity contribution is 5.94. The minimum absolute atomic E-state index is 0.0368. The van der Waals surface area contributed by atoms with Gasteiger partial charge in [0.15, 0.2) is 0 Å². The van der Waals surface area contributed by atoms with E-state index in [1.165, 1.54) is 12.1 Å². The number of likely N-dealkylation sites (tertiary alicyclic amines) is 1. The standard InChI is InChI=1S/C18H23FN2O2/c1-2-3-8-17(22)20-13-14-9-11-21(12-10-14)18(23)15-6-4-5-7-16(15)19/h2,4-7,14H,1,3,8-13H2,(H,20,22). The number of piperidine rings is 1. The maximum atomic E-state index is 13.7. The Morgan fingerprint density at radius 1 is 1.30 bits per heavy atom. The molecule has 1 saturated heterocycles. The Morgan fingerprint density at radius 3 is 2.65 bits per heavy atom. The Kier molecular flexibility index (Phi) is 6.32. The topological polar surface area (TPSA) is 49.4 Å². The lowest BCUT2D eigenvalue weighted by molar-refractivity contribution is -0.121. The van der Waals surface area contributed by atoms with Gasteiger partial charge in [0.25, 0.3) is 5.91 Å². The van der Waals surface area contributed by atoms with Crippen LogP contribution in [-0.2, 0) is 4.79 Å². The summed E-state index contributed by atoms with van der Waals surface area (Å²) in [5.74, 6) is -0.326. The average Bonchev–Trinajstić information content (AvgIpc) is 2.58. The van der Waals surface area contributed by atoms with Crippen molar-refractivity contribution in [2.45, 2.75) is 25.7 Å². The van der Waals surface area contributed by atoms with Gasteiger partial charge < -0.3 is 10.2 Å². The summed E-state index contributed by atoms with van der Waals surface area (Å²) in [7, 11) is 0. The Morgan fingerprint density at radius 2 is 2.00 bits per heavy atom. The molecule has 0 bridgehead atoms. The molecule has 0 spiro atoms. The van der Waals surface area contributed by atoms with Crippen molar-refractivity contribution in [3.8, 4) is 0 Å². The number of hydrogen-bond donors (Lipinski definition) is 1. The Balaban J connectivity index is 1.78. The molecule has 0 aliphatic carbocycles. The number of allylic oxidation sites excluding steroid dienone is 1.